The van der Waals surface area contributed by atoms with Crippen molar-refractivity contribution in [2.45, 2.75) is 6.54 Å². The first-order valence-corrected chi connectivity index (χ1v) is 7.16. The van der Waals surface area contributed by atoms with Crippen LogP contribution in [0.15, 0.2) is 60.9 Å². The minimum Gasteiger partial charge on any atom is -0.380 e. The van der Waals surface area contributed by atoms with Crippen LogP contribution in [0.2, 0.25) is 5.02 Å². The average Bonchev–Trinajstić information content (AvgIpc) is 3.08. The van der Waals surface area contributed by atoms with Gasteiger partial charge in [0.15, 0.2) is 0 Å². The van der Waals surface area contributed by atoms with Crippen molar-refractivity contribution in [1.29, 1.82) is 5.26 Å². The van der Waals surface area contributed by atoms with Crippen LogP contribution in [0.1, 0.15) is 11.1 Å². The van der Waals surface area contributed by atoms with Crippen molar-refractivity contribution in [1.82, 2.24) is 9.78 Å². The van der Waals surface area contributed by atoms with Crippen LogP contribution in [0.25, 0.3) is 5.69 Å². The zero-order valence-electron chi connectivity index (χ0n) is 11.7. The van der Waals surface area contributed by atoms with Crippen LogP contribution in [0, 0.1) is 11.3 Å². The summed E-state index contributed by atoms with van der Waals surface area (Å²) in [5.41, 5.74) is 3.44. The molecule has 3 aromatic rings. The van der Waals surface area contributed by atoms with Gasteiger partial charge in [-0.25, -0.2) is 4.68 Å². The molecule has 0 aliphatic carbocycles. The Kier molecular flexibility index (Phi) is 4.08. The number of rotatable bonds is 4. The largest absolute Gasteiger partial charge is 0.380 e. The number of nitrogens with one attached hydrogen (secondary N) is 1. The number of nitriles is 1. The number of aromatic nitrogens is 2. The monoisotopic (exact) mass is 308 g/mol. The van der Waals surface area contributed by atoms with Crippen LogP contribution in [0.3, 0.4) is 0 Å². The predicted octanol–water partition coefficient (Wildman–Crippen LogP) is 4.01. The first-order chi connectivity index (χ1) is 10.8. The number of hydrogen-bond donors (Lipinski definition) is 1. The van der Waals surface area contributed by atoms with Crippen molar-refractivity contribution in [2.75, 3.05) is 5.32 Å². The maximum Gasteiger partial charge on any atom is 0.101 e. The Morgan fingerprint density at radius 2 is 2.00 bits per heavy atom. The maximum atomic E-state index is 9.11. The average molecular weight is 309 g/mol. The molecule has 0 saturated carbocycles. The van der Waals surface area contributed by atoms with Gasteiger partial charge in [0.1, 0.15) is 6.07 Å². The zero-order chi connectivity index (χ0) is 15.4. The SMILES string of the molecule is N#Cc1ccc(Cl)cc1NCc1ccc(-n2cccn2)cc1. The summed E-state index contributed by atoms with van der Waals surface area (Å²) in [7, 11) is 0. The van der Waals surface area contributed by atoms with Crippen molar-refractivity contribution in [3.63, 3.8) is 0 Å². The second-order valence-electron chi connectivity index (χ2n) is 4.77. The molecule has 0 amide bonds. The number of benzene rings is 2. The molecule has 108 valence electrons. The van der Waals surface area contributed by atoms with Gasteiger partial charge in [0.05, 0.1) is 16.9 Å². The van der Waals surface area contributed by atoms with E-state index < -0.39 is 0 Å². The van der Waals surface area contributed by atoms with Gasteiger partial charge in [0.25, 0.3) is 0 Å². The van der Waals surface area contributed by atoms with Gasteiger partial charge in [0, 0.05) is 24.0 Å². The molecule has 22 heavy (non-hydrogen) atoms. The van der Waals surface area contributed by atoms with Gasteiger partial charge in [-0.05, 0) is 42.0 Å². The predicted molar refractivity (Wildman–Crippen MR) is 87.1 cm³/mol. The minimum atomic E-state index is 0.581. The summed E-state index contributed by atoms with van der Waals surface area (Å²) in [5, 5.41) is 17.2. The Hall–Kier alpha value is -2.77. The van der Waals surface area contributed by atoms with Crippen molar-refractivity contribution < 1.29 is 0 Å². The van der Waals surface area contributed by atoms with Crippen molar-refractivity contribution in [3.8, 4) is 11.8 Å². The quantitative estimate of drug-likeness (QED) is 0.792. The van der Waals surface area contributed by atoms with Gasteiger partial charge in [-0.3, -0.25) is 0 Å². The van der Waals surface area contributed by atoms with Gasteiger partial charge in [-0.15, -0.1) is 0 Å². The lowest BCUT2D eigenvalue weighted by molar-refractivity contribution is 0.879. The lowest BCUT2D eigenvalue weighted by Gasteiger charge is -2.09. The standard InChI is InChI=1S/C17H13ClN4/c18-15-5-4-14(11-19)17(10-15)20-12-13-2-6-16(7-3-13)22-9-1-8-21-22/h1-10,20H,12H2. The van der Waals surface area contributed by atoms with Crippen LogP contribution in [0.4, 0.5) is 5.69 Å². The smallest absolute Gasteiger partial charge is 0.101 e. The van der Waals surface area contributed by atoms with E-state index in [-0.39, 0.29) is 0 Å². The molecule has 4 nitrogen and oxygen atoms in total. The third-order valence-electron chi connectivity index (χ3n) is 3.29. The van der Waals surface area contributed by atoms with E-state index in [0.717, 1.165) is 16.9 Å². The Morgan fingerprint density at radius 3 is 2.68 bits per heavy atom. The molecule has 1 N–H and O–H groups in total. The molecule has 0 aliphatic rings. The van der Waals surface area contributed by atoms with Gasteiger partial charge < -0.3 is 5.32 Å². The highest BCUT2D eigenvalue weighted by atomic mass is 35.5. The Labute approximate surface area is 133 Å². The summed E-state index contributed by atoms with van der Waals surface area (Å²) in [4.78, 5) is 0. The summed E-state index contributed by atoms with van der Waals surface area (Å²) < 4.78 is 1.81. The Balaban J connectivity index is 1.72. The second-order valence-corrected chi connectivity index (χ2v) is 5.21. The fourth-order valence-electron chi connectivity index (χ4n) is 2.15. The topological polar surface area (TPSA) is 53.6 Å². The Bertz CT molecular complexity index is 802. The third-order valence-corrected chi connectivity index (χ3v) is 3.53. The highest BCUT2D eigenvalue weighted by Crippen LogP contribution is 2.21. The summed E-state index contributed by atoms with van der Waals surface area (Å²) in [6, 6.07) is 17.3. The molecule has 0 aliphatic heterocycles. The van der Waals surface area contributed by atoms with E-state index in [1.165, 1.54) is 0 Å². The molecule has 5 heteroatoms. The molecule has 1 heterocycles. The fraction of sp³-hybridized carbons (Fsp3) is 0.0588. The molecule has 0 atom stereocenters. The van der Waals surface area contributed by atoms with Gasteiger partial charge in [-0.1, -0.05) is 23.7 Å². The molecule has 0 bridgehead atoms. The summed E-state index contributed by atoms with van der Waals surface area (Å²) in [5.74, 6) is 0. The van der Waals surface area contributed by atoms with Crippen LogP contribution in [-0.2, 0) is 6.54 Å². The number of nitrogens with zero attached hydrogens (tertiary/aromatic N) is 3. The minimum absolute atomic E-state index is 0.581. The first kappa shape index (κ1) is 14.2. The highest BCUT2D eigenvalue weighted by molar-refractivity contribution is 6.30. The van der Waals surface area contributed by atoms with E-state index >= 15 is 0 Å². The van der Waals surface area contributed by atoms with Crippen LogP contribution in [-0.4, -0.2) is 9.78 Å². The van der Waals surface area contributed by atoms with Crippen molar-refractivity contribution >= 4 is 17.3 Å². The summed E-state index contributed by atoms with van der Waals surface area (Å²) in [6.07, 6.45) is 3.65. The maximum absolute atomic E-state index is 9.11. The van der Waals surface area contributed by atoms with E-state index in [4.69, 9.17) is 16.9 Å². The normalized spacial score (nSPS) is 10.2. The van der Waals surface area contributed by atoms with Gasteiger partial charge >= 0.3 is 0 Å². The molecule has 0 spiro atoms. The van der Waals surface area contributed by atoms with Gasteiger partial charge in [0.2, 0.25) is 0 Å². The Morgan fingerprint density at radius 1 is 1.18 bits per heavy atom. The molecule has 0 saturated heterocycles. The van der Waals surface area contributed by atoms with E-state index in [1.54, 1.807) is 24.4 Å². The van der Waals surface area contributed by atoms with Crippen molar-refractivity contribution in [2.24, 2.45) is 0 Å². The molecule has 0 radical (unpaired) electrons. The highest BCUT2D eigenvalue weighted by Gasteiger charge is 2.03. The molecule has 3 rings (SSSR count). The lowest BCUT2D eigenvalue weighted by atomic mass is 10.1. The van der Waals surface area contributed by atoms with E-state index in [1.807, 2.05) is 41.2 Å². The molecule has 0 unspecified atom stereocenters. The molecule has 1 aromatic heterocycles. The van der Waals surface area contributed by atoms with Gasteiger partial charge in [-0.2, -0.15) is 10.4 Å². The molecular formula is C17H13ClN4. The van der Waals surface area contributed by atoms with E-state index in [9.17, 15) is 0 Å². The zero-order valence-corrected chi connectivity index (χ0v) is 12.5. The van der Waals surface area contributed by atoms with E-state index in [0.29, 0.717) is 17.1 Å². The van der Waals surface area contributed by atoms with E-state index in [2.05, 4.69) is 16.5 Å². The lowest BCUT2D eigenvalue weighted by Crippen LogP contribution is -2.02. The van der Waals surface area contributed by atoms with Crippen LogP contribution in [0.5, 0.6) is 0 Å². The molecule has 0 fully saturated rings. The van der Waals surface area contributed by atoms with Crippen molar-refractivity contribution in [3.05, 3.63) is 77.1 Å². The molecular weight excluding hydrogens is 296 g/mol. The molecule has 2 aromatic carbocycles. The third kappa shape index (κ3) is 3.11. The number of halogens is 1. The number of anilines is 1. The number of hydrogen-bond acceptors (Lipinski definition) is 3. The summed E-state index contributed by atoms with van der Waals surface area (Å²) >= 11 is 5.97. The van der Waals surface area contributed by atoms with Crippen LogP contribution < -0.4 is 5.32 Å². The van der Waals surface area contributed by atoms with Crippen LogP contribution >= 0.6 is 11.6 Å². The summed E-state index contributed by atoms with van der Waals surface area (Å²) in [6.45, 7) is 0.619. The first-order valence-electron chi connectivity index (χ1n) is 6.79. The fourth-order valence-corrected chi connectivity index (χ4v) is 2.32. The second kappa shape index (κ2) is 6.33.